The molecule has 1 aliphatic rings. The summed E-state index contributed by atoms with van der Waals surface area (Å²) >= 11 is 0. The summed E-state index contributed by atoms with van der Waals surface area (Å²) in [5, 5.41) is 2.75. The van der Waals surface area contributed by atoms with E-state index in [1.165, 1.54) is 0 Å². The molecule has 0 unspecified atom stereocenters. The van der Waals surface area contributed by atoms with E-state index in [1.54, 1.807) is 0 Å². The molecule has 1 saturated heterocycles. The number of rotatable bonds is 6. The van der Waals surface area contributed by atoms with Crippen LogP contribution in [0.3, 0.4) is 0 Å². The van der Waals surface area contributed by atoms with Crippen molar-refractivity contribution in [3.8, 4) is 0 Å². The maximum absolute atomic E-state index is 7.68. The van der Waals surface area contributed by atoms with Crippen LogP contribution in [0.1, 0.15) is 11.1 Å². The molecule has 0 spiro atoms. The second kappa shape index (κ2) is 10.0. The first-order valence-corrected chi connectivity index (χ1v) is 16.1. The SMILES string of the molecule is c1ccc(N=C2OP(c3ccccc3)(c3ccccc3)(c3ccccc3)C2(c2ccccc2)c2ccccc2)cc1. The summed E-state index contributed by atoms with van der Waals surface area (Å²) in [6.07, 6.45) is 0. The van der Waals surface area contributed by atoms with Crippen molar-refractivity contribution < 1.29 is 4.52 Å². The number of hydrogen-bond acceptors (Lipinski definition) is 2. The number of hydrogen-bond donors (Lipinski definition) is 0. The van der Waals surface area contributed by atoms with E-state index in [0.717, 1.165) is 32.7 Å². The van der Waals surface area contributed by atoms with Gasteiger partial charge in [-0.05, 0) is 0 Å². The molecule has 0 bridgehead atoms. The number of aliphatic imine (C=N–C) groups is 1. The van der Waals surface area contributed by atoms with Crippen LogP contribution in [0.5, 0.6) is 0 Å². The van der Waals surface area contributed by atoms with Gasteiger partial charge in [-0.25, -0.2) is 0 Å². The molecule has 0 N–H and O–H groups in total. The van der Waals surface area contributed by atoms with E-state index in [1.807, 2.05) is 30.3 Å². The molecule has 198 valence electrons. The third kappa shape index (κ3) is 3.38. The molecule has 6 aromatic carbocycles. The summed E-state index contributed by atoms with van der Waals surface area (Å²) in [6, 6.07) is 64.3. The summed E-state index contributed by atoms with van der Waals surface area (Å²) in [5.74, 6) is 0.704. The van der Waals surface area contributed by atoms with E-state index in [-0.39, 0.29) is 0 Å². The zero-order valence-electron chi connectivity index (χ0n) is 22.6. The topological polar surface area (TPSA) is 21.6 Å². The molecule has 3 heteroatoms. The number of para-hydroxylation sites is 1. The molecule has 1 aliphatic heterocycles. The van der Waals surface area contributed by atoms with Crippen LogP contribution in [0.15, 0.2) is 187 Å². The predicted octanol–water partition coefficient (Wildman–Crippen LogP) is 8.14. The summed E-state index contributed by atoms with van der Waals surface area (Å²) in [6.45, 7) is -3.87. The first-order valence-electron chi connectivity index (χ1n) is 13.9. The van der Waals surface area contributed by atoms with Crippen LogP contribution >= 0.6 is 6.83 Å². The Kier molecular flexibility index (Phi) is 6.15. The van der Waals surface area contributed by atoms with E-state index in [2.05, 4.69) is 152 Å². The van der Waals surface area contributed by atoms with Crippen molar-refractivity contribution in [1.82, 2.24) is 0 Å². The standard InChI is InChI=1S/C38H30NOP/c1-7-19-31(20-8-1)38(32-21-9-2-10-22-32)37(39-33-23-11-3-12-24-33)40-41(38,34-25-13-4-14-26-34,35-27-15-5-16-28-35)36-29-17-6-18-30-36/h1-30H. The second-order valence-corrected chi connectivity index (χ2v) is 14.8. The van der Waals surface area contributed by atoms with Gasteiger partial charge in [0.2, 0.25) is 0 Å². The second-order valence-electron chi connectivity index (χ2n) is 10.3. The van der Waals surface area contributed by atoms with Gasteiger partial charge in [0.05, 0.1) is 0 Å². The van der Waals surface area contributed by atoms with Gasteiger partial charge >= 0.3 is 242 Å². The Morgan fingerprint density at radius 2 is 0.707 bits per heavy atom. The van der Waals surface area contributed by atoms with Crippen molar-refractivity contribution in [1.29, 1.82) is 0 Å². The molecule has 41 heavy (non-hydrogen) atoms. The fraction of sp³-hybridized carbons (Fsp3) is 0.0263. The van der Waals surface area contributed by atoms with E-state index in [0.29, 0.717) is 5.90 Å². The Hall–Kier alpha value is -4.78. The fourth-order valence-electron chi connectivity index (χ4n) is 6.76. The molecular weight excluding hydrogens is 517 g/mol. The molecule has 0 amide bonds. The van der Waals surface area contributed by atoms with Gasteiger partial charge < -0.3 is 0 Å². The van der Waals surface area contributed by atoms with Gasteiger partial charge in [-0.1, -0.05) is 0 Å². The summed E-state index contributed by atoms with van der Waals surface area (Å²) in [4.78, 5) is 5.31. The third-order valence-corrected chi connectivity index (χ3v) is 14.7. The zero-order chi connectivity index (χ0) is 27.6. The Morgan fingerprint density at radius 3 is 1.07 bits per heavy atom. The quantitative estimate of drug-likeness (QED) is 0.193. The molecule has 1 heterocycles. The zero-order valence-corrected chi connectivity index (χ0v) is 23.5. The fourth-order valence-corrected chi connectivity index (χ4v) is 13.6. The molecule has 2 nitrogen and oxygen atoms in total. The van der Waals surface area contributed by atoms with Gasteiger partial charge in [0, 0.05) is 0 Å². The number of nitrogens with zero attached hydrogens (tertiary/aromatic N) is 1. The summed E-state index contributed by atoms with van der Waals surface area (Å²) < 4.78 is 7.68. The van der Waals surface area contributed by atoms with Crippen LogP contribution in [-0.2, 0) is 9.68 Å². The maximum atomic E-state index is 7.68. The molecular formula is C38H30NOP. The van der Waals surface area contributed by atoms with E-state index in [4.69, 9.17) is 9.52 Å². The van der Waals surface area contributed by atoms with Crippen molar-refractivity contribution in [3.63, 3.8) is 0 Å². The average Bonchev–Trinajstić information content (AvgIpc) is 3.06. The molecule has 1 fully saturated rings. The Labute approximate surface area is 241 Å². The molecule has 0 saturated carbocycles. The van der Waals surface area contributed by atoms with Gasteiger partial charge in [0.1, 0.15) is 0 Å². The first kappa shape index (κ1) is 25.2. The van der Waals surface area contributed by atoms with Crippen LogP contribution in [-0.4, -0.2) is 5.90 Å². The number of benzene rings is 6. The Morgan fingerprint density at radius 1 is 0.390 bits per heavy atom. The van der Waals surface area contributed by atoms with Gasteiger partial charge in [0.25, 0.3) is 0 Å². The van der Waals surface area contributed by atoms with Crippen LogP contribution in [0, 0.1) is 0 Å². The van der Waals surface area contributed by atoms with Crippen LogP contribution < -0.4 is 15.9 Å². The van der Waals surface area contributed by atoms with Crippen LogP contribution in [0.4, 0.5) is 5.69 Å². The molecule has 0 atom stereocenters. The first-order chi connectivity index (χ1) is 20.3. The average molecular weight is 548 g/mol. The molecule has 7 rings (SSSR count). The van der Waals surface area contributed by atoms with Gasteiger partial charge in [-0.2, -0.15) is 0 Å². The van der Waals surface area contributed by atoms with Crippen molar-refractivity contribution in [3.05, 3.63) is 193 Å². The minimum absolute atomic E-state index is 0.704. The molecule has 0 radical (unpaired) electrons. The molecule has 0 aromatic heterocycles. The Bertz CT molecular complexity index is 1650. The third-order valence-electron chi connectivity index (χ3n) is 8.34. The monoisotopic (exact) mass is 547 g/mol. The van der Waals surface area contributed by atoms with Crippen LogP contribution in [0.2, 0.25) is 0 Å². The van der Waals surface area contributed by atoms with Gasteiger partial charge in [-0.3, -0.25) is 0 Å². The summed E-state index contributed by atoms with van der Waals surface area (Å²) in [7, 11) is 0. The van der Waals surface area contributed by atoms with E-state index >= 15 is 0 Å². The van der Waals surface area contributed by atoms with Crippen molar-refractivity contribution in [2.75, 3.05) is 0 Å². The predicted molar refractivity (Wildman–Crippen MR) is 173 cm³/mol. The molecule has 0 aliphatic carbocycles. The van der Waals surface area contributed by atoms with Crippen molar-refractivity contribution >= 4 is 34.3 Å². The molecule has 6 aromatic rings. The van der Waals surface area contributed by atoms with Crippen molar-refractivity contribution in [2.45, 2.75) is 5.16 Å². The normalized spacial score (nSPS) is 18.2. The van der Waals surface area contributed by atoms with E-state index in [9.17, 15) is 0 Å². The Balaban J connectivity index is 1.76. The summed E-state index contributed by atoms with van der Waals surface area (Å²) in [5.41, 5.74) is 3.17. The minimum atomic E-state index is -3.87. The van der Waals surface area contributed by atoms with Crippen LogP contribution in [0.25, 0.3) is 0 Å². The van der Waals surface area contributed by atoms with Gasteiger partial charge in [0.15, 0.2) is 0 Å². The van der Waals surface area contributed by atoms with Crippen molar-refractivity contribution in [2.24, 2.45) is 4.99 Å². The van der Waals surface area contributed by atoms with E-state index < -0.39 is 12.0 Å². The van der Waals surface area contributed by atoms with Gasteiger partial charge in [-0.15, -0.1) is 0 Å².